The van der Waals surface area contributed by atoms with Gasteiger partial charge in [0.2, 0.25) is 0 Å². The molecule has 0 bridgehead atoms. The molecule has 0 saturated heterocycles. The first-order valence-electron chi connectivity index (χ1n) is 9.87. The minimum Gasteiger partial charge on any atom is -0.467 e. The number of methoxy groups -OCH3 is 1. The summed E-state index contributed by atoms with van der Waals surface area (Å²) in [6.07, 6.45) is 5.66. The van der Waals surface area contributed by atoms with E-state index in [4.69, 9.17) is 4.74 Å². The van der Waals surface area contributed by atoms with Crippen LogP contribution in [0, 0.1) is 0 Å². The number of rotatable bonds is 8. The van der Waals surface area contributed by atoms with Gasteiger partial charge in [0.15, 0.2) is 5.16 Å². The standard InChI is InChI=1S/C24H22N4O2S/c1-30-23-25-13-20(14-26-23)12-21-16-28(15-18-8-4-2-5-9-18)24(27-22(21)29)31-17-19-10-6-3-7-11-19/h2-11,13-14,16H,12,15,17H2,1H3. The molecule has 0 aliphatic heterocycles. The molecule has 0 aliphatic carbocycles. The predicted molar refractivity (Wildman–Crippen MR) is 121 cm³/mol. The quantitative estimate of drug-likeness (QED) is 0.311. The summed E-state index contributed by atoms with van der Waals surface area (Å²) < 4.78 is 7.05. The Bertz CT molecular complexity index is 1180. The molecule has 31 heavy (non-hydrogen) atoms. The van der Waals surface area contributed by atoms with Crippen LogP contribution in [0.3, 0.4) is 0 Å². The average molecular weight is 431 g/mol. The number of hydrogen-bond donors (Lipinski definition) is 0. The fourth-order valence-corrected chi connectivity index (χ4v) is 4.05. The van der Waals surface area contributed by atoms with Gasteiger partial charge in [0.25, 0.3) is 5.56 Å². The summed E-state index contributed by atoms with van der Waals surface area (Å²) in [6.45, 7) is 0.636. The van der Waals surface area contributed by atoms with Gasteiger partial charge in [-0.25, -0.2) is 9.97 Å². The lowest BCUT2D eigenvalue weighted by Gasteiger charge is -2.14. The van der Waals surface area contributed by atoms with Crippen LogP contribution in [-0.2, 0) is 18.7 Å². The molecule has 0 fully saturated rings. The zero-order valence-corrected chi connectivity index (χ0v) is 18.0. The second-order valence-electron chi connectivity index (χ2n) is 7.00. The van der Waals surface area contributed by atoms with Crippen LogP contribution < -0.4 is 10.3 Å². The molecule has 0 amide bonds. The SMILES string of the molecule is COc1ncc(Cc2cn(Cc3ccccc3)c(SCc3ccccc3)nc2=O)cn1. The normalized spacial score (nSPS) is 10.7. The summed E-state index contributed by atoms with van der Waals surface area (Å²) in [5.74, 6) is 0.744. The molecule has 6 nitrogen and oxygen atoms in total. The largest absolute Gasteiger partial charge is 0.467 e. The van der Waals surface area contributed by atoms with E-state index in [9.17, 15) is 4.79 Å². The molecule has 0 radical (unpaired) electrons. The van der Waals surface area contributed by atoms with Crippen LogP contribution in [0.15, 0.2) is 89.2 Å². The average Bonchev–Trinajstić information content (AvgIpc) is 2.82. The highest BCUT2D eigenvalue weighted by Crippen LogP contribution is 2.22. The van der Waals surface area contributed by atoms with Gasteiger partial charge in [0.1, 0.15) is 0 Å². The molecule has 2 heterocycles. The van der Waals surface area contributed by atoms with E-state index in [0.717, 1.165) is 16.9 Å². The summed E-state index contributed by atoms with van der Waals surface area (Å²) in [7, 11) is 1.52. The van der Waals surface area contributed by atoms with Gasteiger partial charge in [-0.1, -0.05) is 72.4 Å². The fraction of sp³-hybridized carbons (Fsp3) is 0.167. The number of ether oxygens (including phenoxy) is 1. The number of benzene rings is 2. The number of aromatic nitrogens is 4. The van der Waals surface area contributed by atoms with E-state index in [1.54, 1.807) is 24.2 Å². The maximum atomic E-state index is 12.8. The van der Waals surface area contributed by atoms with Crippen LogP contribution in [0.1, 0.15) is 22.3 Å². The lowest BCUT2D eigenvalue weighted by molar-refractivity contribution is 0.379. The lowest BCUT2D eigenvalue weighted by atomic mass is 10.1. The number of nitrogens with zero attached hydrogens (tertiary/aromatic N) is 4. The van der Waals surface area contributed by atoms with E-state index in [2.05, 4.69) is 39.2 Å². The fourth-order valence-electron chi connectivity index (χ4n) is 3.13. The Morgan fingerprint density at radius 1 is 0.903 bits per heavy atom. The summed E-state index contributed by atoms with van der Waals surface area (Å²) >= 11 is 1.56. The van der Waals surface area contributed by atoms with Gasteiger partial charge in [-0.3, -0.25) is 4.79 Å². The van der Waals surface area contributed by atoms with Crippen LogP contribution >= 0.6 is 11.8 Å². The third kappa shape index (κ3) is 5.58. The van der Waals surface area contributed by atoms with E-state index >= 15 is 0 Å². The predicted octanol–water partition coefficient (Wildman–Crippen LogP) is 3.97. The smallest absolute Gasteiger partial charge is 0.316 e. The van der Waals surface area contributed by atoms with E-state index in [1.807, 2.05) is 47.2 Å². The molecule has 0 atom stereocenters. The Balaban J connectivity index is 1.63. The molecule has 2 aromatic heterocycles. The molecule has 0 unspecified atom stereocenters. The maximum absolute atomic E-state index is 12.8. The van der Waals surface area contributed by atoms with Gasteiger partial charge in [0.05, 0.1) is 7.11 Å². The maximum Gasteiger partial charge on any atom is 0.316 e. The van der Waals surface area contributed by atoms with E-state index in [0.29, 0.717) is 29.7 Å². The first-order valence-corrected chi connectivity index (χ1v) is 10.9. The highest BCUT2D eigenvalue weighted by atomic mass is 32.2. The molecule has 2 aromatic carbocycles. The number of thioether (sulfide) groups is 1. The van der Waals surface area contributed by atoms with Crippen molar-refractivity contribution in [3.8, 4) is 6.01 Å². The van der Waals surface area contributed by atoms with Gasteiger partial charge in [-0.05, 0) is 16.7 Å². The molecule has 0 N–H and O–H groups in total. The second kappa shape index (κ2) is 10.0. The third-order valence-corrected chi connectivity index (χ3v) is 5.76. The summed E-state index contributed by atoms with van der Waals surface area (Å²) in [4.78, 5) is 25.5. The Hall–Kier alpha value is -3.45. The van der Waals surface area contributed by atoms with Crippen molar-refractivity contribution in [2.75, 3.05) is 7.11 Å². The Labute approximate surface area is 185 Å². The molecule has 4 rings (SSSR count). The van der Waals surface area contributed by atoms with Crippen LogP contribution in [0.25, 0.3) is 0 Å². The van der Waals surface area contributed by atoms with Crippen molar-refractivity contribution >= 4 is 11.8 Å². The topological polar surface area (TPSA) is 69.9 Å². The highest BCUT2D eigenvalue weighted by Gasteiger charge is 2.12. The Morgan fingerprint density at radius 3 is 2.19 bits per heavy atom. The zero-order chi connectivity index (χ0) is 21.5. The van der Waals surface area contributed by atoms with Crippen molar-refractivity contribution in [3.05, 3.63) is 112 Å². The van der Waals surface area contributed by atoms with Crippen LogP contribution in [0.2, 0.25) is 0 Å². The minimum atomic E-state index is -0.226. The first-order chi connectivity index (χ1) is 15.2. The summed E-state index contributed by atoms with van der Waals surface area (Å²) in [5, 5.41) is 0.701. The van der Waals surface area contributed by atoms with Crippen LogP contribution in [0.5, 0.6) is 6.01 Å². The summed E-state index contributed by atoms with van der Waals surface area (Å²) in [5.41, 5.74) is 3.54. The van der Waals surface area contributed by atoms with E-state index in [-0.39, 0.29) is 5.56 Å². The van der Waals surface area contributed by atoms with E-state index in [1.165, 1.54) is 12.7 Å². The molecule has 156 valence electrons. The van der Waals surface area contributed by atoms with Crippen molar-refractivity contribution in [1.29, 1.82) is 0 Å². The van der Waals surface area contributed by atoms with Crippen molar-refractivity contribution in [3.63, 3.8) is 0 Å². The lowest BCUT2D eigenvalue weighted by Crippen LogP contribution is -2.20. The number of hydrogen-bond acceptors (Lipinski definition) is 6. The van der Waals surface area contributed by atoms with Crippen molar-refractivity contribution < 1.29 is 4.74 Å². The molecular weight excluding hydrogens is 408 g/mol. The van der Waals surface area contributed by atoms with Gasteiger partial charge in [-0.15, -0.1) is 0 Å². The first kappa shape index (κ1) is 20.8. The van der Waals surface area contributed by atoms with Crippen LogP contribution in [-0.4, -0.2) is 26.6 Å². The molecular formula is C24H22N4O2S. The third-order valence-electron chi connectivity index (χ3n) is 4.69. The van der Waals surface area contributed by atoms with Gasteiger partial charge in [0, 0.05) is 42.9 Å². The van der Waals surface area contributed by atoms with Gasteiger partial charge >= 0.3 is 6.01 Å². The molecule has 0 spiro atoms. The van der Waals surface area contributed by atoms with E-state index < -0.39 is 0 Å². The molecule has 4 aromatic rings. The summed E-state index contributed by atoms with van der Waals surface area (Å²) in [6, 6.07) is 20.6. The Kier molecular flexibility index (Phi) is 6.74. The van der Waals surface area contributed by atoms with Gasteiger partial charge < -0.3 is 9.30 Å². The minimum absolute atomic E-state index is 0.226. The zero-order valence-electron chi connectivity index (χ0n) is 17.1. The second-order valence-corrected chi connectivity index (χ2v) is 7.94. The van der Waals surface area contributed by atoms with Crippen molar-refractivity contribution in [1.82, 2.24) is 19.5 Å². The molecule has 7 heteroatoms. The molecule has 0 saturated carbocycles. The molecule has 0 aliphatic rings. The van der Waals surface area contributed by atoms with Gasteiger partial charge in [-0.2, -0.15) is 4.98 Å². The van der Waals surface area contributed by atoms with Crippen molar-refractivity contribution in [2.24, 2.45) is 0 Å². The van der Waals surface area contributed by atoms with Crippen LogP contribution in [0.4, 0.5) is 0 Å². The Morgan fingerprint density at radius 2 is 1.55 bits per heavy atom. The monoisotopic (exact) mass is 430 g/mol. The highest BCUT2D eigenvalue weighted by molar-refractivity contribution is 7.98. The van der Waals surface area contributed by atoms with Crippen molar-refractivity contribution in [2.45, 2.75) is 23.9 Å².